The van der Waals surface area contributed by atoms with E-state index < -0.39 is 10.0 Å². The first kappa shape index (κ1) is 18.7. The lowest BCUT2D eigenvalue weighted by Gasteiger charge is -2.37. The summed E-state index contributed by atoms with van der Waals surface area (Å²) in [7, 11) is -3.69. The molecule has 1 unspecified atom stereocenters. The number of fused-ring (bicyclic) bond motifs is 1. The van der Waals surface area contributed by atoms with Crippen LogP contribution in [-0.4, -0.2) is 38.4 Å². The Morgan fingerprint density at radius 3 is 2.55 bits per heavy atom. The van der Waals surface area contributed by atoms with Gasteiger partial charge < -0.3 is 4.90 Å². The molecule has 29 heavy (non-hydrogen) atoms. The Morgan fingerprint density at radius 1 is 0.931 bits per heavy atom. The number of amides is 1. The predicted molar refractivity (Wildman–Crippen MR) is 113 cm³/mol. The van der Waals surface area contributed by atoms with Gasteiger partial charge in [0.25, 0.3) is 15.9 Å². The van der Waals surface area contributed by atoms with E-state index >= 15 is 0 Å². The Balaban J connectivity index is 1.43. The van der Waals surface area contributed by atoms with Gasteiger partial charge in [-0.3, -0.25) is 9.10 Å². The van der Waals surface area contributed by atoms with Gasteiger partial charge in [-0.15, -0.1) is 0 Å². The lowest BCUT2D eigenvalue weighted by Crippen LogP contribution is -2.42. The van der Waals surface area contributed by atoms with E-state index in [4.69, 9.17) is 0 Å². The lowest BCUT2D eigenvalue weighted by molar-refractivity contribution is 0.0626. The fourth-order valence-electron chi connectivity index (χ4n) is 5.00. The van der Waals surface area contributed by atoms with Crippen molar-refractivity contribution in [1.29, 1.82) is 0 Å². The number of anilines is 1. The molecule has 2 fully saturated rings. The van der Waals surface area contributed by atoms with Crippen molar-refractivity contribution in [2.24, 2.45) is 5.92 Å². The molecule has 2 heterocycles. The summed E-state index contributed by atoms with van der Waals surface area (Å²) in [5.74, 6) is 0.590. The Hall–Kier alpha value is -2.34. The van der Waals surface area contributed by atoms with Crippen molar-refractivity contribution in [3.63, 3.8) is 0 Å². The third kappa shape index (κ3) is 3.14. The van der Waals surface area contributed by atoms with Gasteiger partial charge in [-0.05, 0) is 67.9 Å². The summed E-state index contributed by atoms with van der Waals surface area (Å²) in [6, 6.07) is 14.5. The number of rotatable bonds is 4. The van der Waals surface area contributed by atoms with Gasteiger partial charge in [-0.25, -0.2) is 8.42 Å². The molecule has 0 radical (unpaired) electrons. The molecule has 6 heteroatoms. The van der Waals surface area contributed by atoms with Crippen LogP contribution in [0.2, 0.25) is 0 Å². The number of hydrogen-bond donors (Lipinski definition) is 0. The van der Waals surface area contributed by atoms with Crippen LogP contribution in [0.15, 0.2) is 53.4 Å². The normalized spacial score (nSPS) is 21.9. The zero-order chi connectivity index (χ0) is 20.0. The molecule has 152 valence electrons. The van der Waals surface area contributed by atoms with E-state index in [1.807, 2.05) is 29.2 Å². The van der Waals surface area contributed by atoms with Gasteiger partial charge >= 0.3 is 0 Å². The second-order valence-corrected chi connectivity index (χ2v) is 10.2. The minimum absolute atomic E-state index is 0.0294. The highest BCUT2D eigenvalue weighted by molar-refractivity contribution is 7.92. The highest BCUT2D eigenvalue weighted by Gasteiger charge is 2.38. The van der Waals surface area contributed by atoms with Crippen LogP contribution in [0, 0.1) is 5.92 Å². The first-order valence-corrected chi connectivity index (χ1v) is 12.0. The van der Waals surface area contributed by atoms with Crippen LogP contribution in [0.25, 0.3) is 0 Å². The average Bonchev–Trinajstić information content (AvgIpc) is 3.34. The van der Waals surface area contributed by atoms with Crippen molar-refractivity contribution < 1.29 is 13.2 Å². The minimum Gasteiger partial charge on any atom is -0.335 e. The number of carbonyl (C=O) groups excluding carboxylic acids is 1. The van der Waals surface area contributed by atoms with E-state index in [2.05, 4.69) is 0 Å². The maximum Gasteiger partial charge on any atom is 0.264 e. The maximum atomic E-state index is 13.3. The highest BCUT2D eigenvalue weighted by Crippen LogP contribution is 2.38. The molecule has 1 aliphatic carbocycles. The first-order chi connectivity index (χ1) is 14.1. The second kappa shape index (κ2) is 7.17. The lowest BCUT2D eigenvalue weighted by atomic mass is 9.78. The van der Waals surface area contributed by atoms with Gasteiger partial charge in [0.05, 0.1) is 10.6 Å². The molecule has 2 aromatic carbocycles. The van der Waals surface area contributed by atoms with Crippen molar-refractivity contribution in [3.8, 4) is 0 Å². The Morgan fingerprint density at radius 2 is 1.76 bits per heavy atom. The number of benzene rings is 2. The van der Waals surface area contributed by atoms with Crippen LogP contribution in [0.1, 0.15) is 48.0 Å². The molecule has 2 aromatic rings. The molecule has 1 amide bonds. The van der Waals surface area contributed by atoms with E-state index in [9.17, 15) is 13.2 Å². The van der Waals surface area contributed by atoms with Crippen molar-refractivity contribution in [3.05, 3.63) is 59.7 Å². The molecule has 0 aromatic heterocycles. The van der Waals surface area contributed by atoms with Crippen LogP contribution in [0.5, 0.6) is 0 Å². The van der Waals surface area contributed by atoms with Gasteiger partial charge in [0.15, 0.2) is 0 Å². The van der Waals surface area contributed by atoms with Crippen molar-refractivity contribution in [2.45, 2.75) is 49.5 Å². The summed E-state index contributed by atoms with van der Waals surface area (Å²) in [5, 5.41) is 0. The second-order valence-electron chi connectivity index (χ2n) is 8.38. The van der Waals surface area contributed by atoms with Gasteiger partial charge in [-0.2, -0.15) is 0 Å². The van der Waals surface area contributed by atoms with E-state index in [-0.39, 0.29) is 10.8 Å². The summed E-state index contributed by atoms with van der Waals surface area (Å²) < 4.78 is 28.1. The molecule has 1 saturated carbocycles. The van der Waals surface area contributed by atoms with Crippen molar-refractivity contribution >= 4 is 21.6 Å². The SMILES string of the molecule is O=C(c1cccc(S(=O)(=O)N2CCc3ccccc32)c1)N1CCCC1C1CCC1. The summed E-state index contributed by atoms with van der Waals surface area (Å²) in [5.41, 5.74) is 2.27. The van der Waals surface area contributed by atoms with Crippen LogP contribution >= 0.6 is 0 Å². The average molecular weight is 411 g/mol. The summed E-state index contributed by atoms with van der Waals surface area (Å²) in [6.45, 7) is 1.21. The molecule has 0 N–H and O–H groups in total. The summed E-state index contributed by atoms with van der Waals surface area (Å²) >= 11 is 0. The summed E-state index contributed by atoms with van der Waals surface area (Å²) in [6.07, 6.45) is 6.49. The number of carbonyl (C=O) groups is 1. The van der Waals surface area contributed by atoms with Crippen LogP contribution in [0.3, 0.4) is 0 Å². The largest absolute Gasteiger partial charge is 0.335 e. The highest BCUT2D eigenvalue weighted by atomic mass is 32.2. The Kier molecular flexibility index (Phi) is 4.62. The third-order valence-corrected chi connectivity index (χ3v) is 8.58. The summed E-state index contributed by atoms with van der Waals surface area (Å²) in [4.78, 5) is 15.4. The molecule has 0 spiro atoms. The monoisotopic (exact) mass is 410 g/mol. The third-order valence-electron chi connectivity index (χ3n) is 6.77. The molecular weight excluding hydrogens is 384 g/mol. The predicted octanol–water partition coefficient (Wildman–Crippen LogP) is 3.84. The van der Waals surface area contributed by atoms with Crippen LogP contribution in [-0.2, 0) is 16.4 Å². The quantitative estimate of drug-likeness (QED) is 0.769. The van der Waals surface area contributed by atoms with E-state index in [1.165, 1.54) is 23.6 Å². The molecule has 1 atom stereocenters. The fourth-order valence-corrected chi connectivity index (χ4v) is 6.55. The number of hydrogen-bond acceptors (Lipinski definition) is 3. The van der Waals surface area contributed by atoms with Gasteiger partial charge in [0.1, 0.15) is 0 Å². The first-order valence-electron chi connectivity index (χ1n) is 10.6. The van der Waals surface area contributed by atoms with E-state index in [0.29, 0.717) is 30.5 Å². The molecule has 0 bridgehead atoms. The fraction of sp³-hybridized carbons (Fsp3) is 0.435. The zero-order valence-electron chi connectivity index (χ0n) is 16.5. The number of para-hydroxylation sites is 1. The van der Waals surface area contributed by atoms with Crippen molar-refractivity contribution in [1.82, 2.24) is 4.90 Å². The Bertz CT molecular complexity index is 1050. The standard InChI is InChI=1S/C23H26N2O3S/c26-23(24-14-5-12-21(24)17-7-3-8-17)19-9-4-10-20(16-19)29(27,28)25-15-13-18-6-1-2-11-22(18)25/h1-2,4,6,9-11,16-17,21H,3,5,7-8,12-15H2. The molecule has 2 aliphatic heterocycles. The van der Waals surface area contributed by atoms with Gasteiger partial charge in [0.2, 0.25) is 0 Å². The van der Waals surface area contributed by atoms with Crippen molar-refractivity contribution in [2.75, 3.05) is 17.4 Å². The topological polar surface area (TPSA) is 57.7 Å². The molecule has 5 rings (SSSR count). The van der Waals surface area contributed by atoms with E-state index in [0.717, 1.165) is 30.6 Å². The smallest absolute Gasteiger partial charge is 0.264 e. The van der Waals surface area contributed by atoms with Gasteiger partial charge in [-0.1, -0.05) is 30.7 Å². The Labute approximate surface area is 172 Å². The minimum atomic E-state index is -3.69. The maximum absolute atomic E-state index is 13.3. The molecular formula is C23H26N2O3S. The zero-order valence-corrected chi connectivity index (χ0v) is 17.3. The van der Waals surface area contributed by atoms with E-state index in [1.54, 1.807) is 24.3 Å². The molecule has 1 saturated heterocycles. The number of likely N-dealkylation sites (tertiary alicyclic amines) is 1. The van der Waals surface area contributed by atoms with Crippen LogP contribution in [0.4, 0.5) is 5.69 Å². The molecule has 3 aliphatic rings. The number of nitrogens with zero attached hydrogens (tertiary/aromatic N) is 2. The van der Waals surface area contributed by atoms with Gasteiger partial charge in [0, 0.05) is 24.7 Å². The number of sulfonamides is 1. The molecule has 5 nitrogen and oxygen atoms in total. The van der Waals surface area contributed by atoms with Crippen LogP contribution < -0.4 is 4.31 Å².